The van der Waals surface area contributed by atoms with Crippen LogP contribution in [0.1, 0.15) is 11.8 Å². The van der Waals surface area contributed by atoms with Crippen molar-refractivity contribution in [2.24, 2.45) is 0 Å². The van der Waals surface area contributed by atoms with E-state index in [0.29, 0.717) is 0 Å². The molecular formula is C11H13N5O6. The molecule has 2 aromatic heterocycles. The minimum atomic E-state index is -1.47. The third kappa shape index (κ3) is 2.16. The van der Waals surface area contributed by atoms with Crippen molar-refractivity contribution in [1.82, 2.24) is 19.9 Å². The predicted molar refractivity (Wildman–Crippen MR) is 71.9 cm³/mol. The van der Waals surface area contributed by atoms with Crippen LogP contribution in [0.4, 0.5) is 5.95 Å². The lowest BCUT2D eigenvalue weighted by Gasteiger charge is -2.13. The van der Waals surface area contributed by atoms with E-state index in [1.165, 1.54) is 0 Å². The number of aliphatic hydroxyl groups is 3. The minimum Gasteiger partial charge on any atom is -0.394 e. The number of aromatic nitrogens is 4. The Bertz CT molecular complexity index is 832. The van der Waals surface area contributed by atoms with Crippen molar-refractivity contribution in [3.05, 3.63) is 26.4 Å². The molecule has 0 aromatic carbocycles. The van der Waals surface area contributed by atoms with Gasteiger partial charge in [0.2, 0.25) is 5.95 Å². The first-order valence-corrected chi connectivity index (χ1v) is 6.34. The van der Waals surface area contributed by atoms with E-state index in [1.54, 1.807) is 0 Å². The quantitative estimate of drug-likeness (QED) is 0.331. The molecule has 0 spiro atoms. The average Bonchev–Trinajstić information content (AvgIpc) is 2.74. The summed E-state index contributed by atoms with van der Waals surface area (Å²) in [5, 5.41) is 28.7. The fraction of sp³-hybridized carbons (Fsp3) is 0.455. The van der Waals surface area contributed by atoms with Gasteiger partial charge in [0.05, 0.1) is 6.61 Å². The molecule has 1 aliphatic rings. The van der Waals surface area contributed by atoms with Gasteiger partial charge in [0.15, 0.2) is 11.2 Å². The van der Waals surface area contributed by atoms with E-state index in [9.17, 15) is 19.8 Å². The van der Waals surface area contributed by atoms with Gasteiger partial charge in [0.25, 0.3) is 11.1 Å². The normalized spacial score (nSPS) is 28.3. The molecule has 3 heterocycles. The molecule has 4 atom stereocenters. The first-order valence-electron chi connectivity index (χ1n) is 6.34. The summed E-state index contributed by atoms with van der Waals surface area (Å²) >= 11 is 0. The van der Waals surface area contributed by atoms with Crippen molar-refractivity contribution in [3.63, 3.8) is 0 Å². The Morgan fingerprint density at radius 1 is 1.14 bits per heavy atom. The monoisotopic (exact) mass is 311 g/mol. The molecule has 3 rings (SSSR count). The summed E-state index contributed by atoms with van der Waals surface area (Å²) in [6.07, 6.45) is -5.18. The number of nitrogens with two attached hydrogens (primary N) is 1. The molecule has 0 amide bonds. The summed E-state index contributed by atoms with van der Waals surface area (Å²) in [6, 6.07) is 0. The molecule has 0 bridgehead atoms. The topological polar surface area (TPSA) is 187 Å². The van der Waals surface area contributed by atoms with Gasteiger partial charge in [-0.05, 0) is 0 Å². The zero-order valence-electron chi connectivity index (χ0n) is 11.1. The maximum Gasteiger partial charge on any atom is 0.280 e. The molecule has 2 aromatic rings. The van der Waals surface area contributed by atoms with Crippen molar-refractivity contribution in [3.8, 4) is 0 Å². The largest absolute Gasteiger partial charge is 0.394 e. The van der Waals surface area contributed by atoms with Gasteiger partial charge in [-0.15, -0.1) is 0 Å². The van der Waals surface area contributed by atoms with Crippen molar-refractivity contribution in [2.45, 2.75) is 24.4 Å². The van der Waals surface area contributed by atoms with Gasteiger partial charge in [0, 0.05) is 0 Å². The third-order valence-corrected chi connectivity index (χ3v) is 3.42. The van der Waals surface area contributed by atoms with Crippen molar-refractivity contribution in [2.75, 3.05) is 12.3 Å². The van der Waals surface area contributed by atoms with E-state index in [0.717, 1.165) is 0 Å². The van der Waals surface area contributed by atoms with Crippen molar-refractivity contribution >= 4 is 17.1 Å². The third-order valence-electron chi connectivity index (χ3n) is 3.42. The highest BCUT2D eigenvalue weighted by Crippen LogP contribution is 2.31. The molecule has 11 nitrogen and oxygen atoms in total. The first kappa shape index (κ1) is 14.6. The zero-order valence-corrected chi connectivity index (χ0v) is 11.1. The van der Waals surface area contributed by atoms with Crippen LogP contribution in [-0.2, 0) is 4.74 Å². The number of rotatable bonds is 2. The SMILES string of the molecule is Nc1nc2[nH]c(=O)c(C3O[C@H](CO)[C@@H](O)[C@H]3O)nc2c(=O)[nH]1. The summed E-state index contributed by atoms with van der Waals surface area (Å²) in [5.41, 5.74) is 3.34. The van der Waals surface area contributed by atoms with Crippen LogP contribution in [0.5, 0.6) is 0 Å². The molecule has 1 aliphatic heterocycles. The Labute approximate surface area is 121 Å². The van der Waals surface area contributed by atoms with Gasteiger partial charge in [-0.2, -0.15) is 4.98 Å². The fourth-order valence-electron chi connectivity index (χ4n) is 2.34. The number of hydrogen-bond donors (Lipinski definition) is 6. The Kier molecular flexibility index (Phi) is 3.41. The molecule has 0 saturated carbocycles. The molecule has 0 aliphatic carbocycles. The Morgan fingerprint density at radius 2 is 1.86 bits per heavy atom. The second-order valence-corrected chi connectivity index (χ2v) is 4.86. The molecule has 1 fully saturated rings. The number of aliphatic hydroxyl groups excluding tert-OH is 3. The van der Waals surface area contributed by atoms with Gasteiger partial charge in [0.1, 0.15) is 30.1 Å². The summed E-state index contributed by atoms with van der Waals surface area (Å²) in [7, 11) is 0. The maximum atomic E-state index is 12.0. The lowest BCUT2D eigenvalue weighted by molar-refractivity contribution is -0.0242. The number of fused-ring (bicyclic) bond motifs is 1. The van der Waals surface area contributed by atoms with Gasteiger partial charge in [-0.3, -0.25) is 14.6 Å². The number of nitrogens with one attached hydrogen (secondary N) is 2. The summed E-state index contributed by atoms with van der Waals surface area (Å²) in [5.74, 6) is -0.185. The van der Waals surface area contributed by atoms with E-state index in [-0.39, 0.29) is 22.8 Å². The van der Waals surface area contributed by atoms with E-state index in [2.05, 4.69) is 19.9 Å². The zero-order chi connectivity index (χ0) is 16.0. The highest BCUT2D eigenvalue weighted by atomic mass is 16.6. The van der Waals surface area contributed by atoms with Crippen LogP contribution < -0.4 is 16.9 Å². The molecule has 0 radical (unpaired) electrons. The van der Waals surface area contributed by atoms with Crippen LogP contribution in [0.3, 0.4) is 0 Å². The van der Waals surface area contributed by atoms with Gasteiger partial charge >= 0.3 is 0 Å². The van der Waals surface area contributed by atoms with E-state index < -0.39 is 42.1 Å². The maximum absolute atomic E-state index is 12.0. The van der Waals surface area contributed by atoms with Gasteiger partial charge in [-0.25, -0.2) is 4.98 Å². The van der Waals surface area contributed by atoms with Crippen LogP contribution in [0.2, 0.25) is 0 Å². The Balaban J connectivity index is 2.14. The van der Waals surface area contributed by atoms with E-state index in [4.69, 9.17) is 15.6 Å². The number of ether oxygens (including phenoxy) is 1. The number of nitrogen functional groups attached to an aromatic ring is 1. The molecule has 11 heteroatoms. The standard InChI is InChI=1S/C11H13N5O6/c12-11-15-8-4(10(21)16-11)13-3(9(20)14-8)7-6(19)5(18)2(1-17)22-7/h2,5-7,17-19H,1H2,(H4,12,14,15,16,20,21)/t2-,5-,6-,7?/m1/s1. The number of hydrogen-bond acceptors (Lipinski definition) is 9. The summed E-state index contributed by atoms with van der Waals surface area (Å²) < 4.78 is 5.22. The lowest BCUT2D eigenvalue weighted by atomic mass is 10.1. The van der Waals surface area contributed by atoms with Gasteiger partial charge < -0.3 is 30.8 Å². The molecule has 7 N–H and O–H groups in total. The van der Waals surface area contributed by atoms with Crippen LogP contribution in [0.25, 0.3) is 11.2 Å². The number of H-pyrrole nitrogens is 2. The van der Waals surface area contributed by atoms with Gasteiger partial charge in [-0.1, -0.05) is 0 Å². The number of anilines is 1. The first-order chi connectivity index (χ1) is 10.4. The predicted octanol–water partition coefficient (Wildman–Crippen LogP) is -3.26. The molecule has 22 heavy (non-hydrogen) atoms. The lowest BCUT2D eigenvalue weighted by Crippen LogP contribution is -2.33. The fourth-order valence-corrected chi connectivity index (χ4v) is 2.34. The second-order valence-electron chi connectivity index (χ2n) is 4.86. The second kappa shape index (κ2) is 5.14. The minimum absolute atomic E-state index is 0.109. The Hall–Kier alpha value is -2.34. The molecule has 1 saturated heterocycles. The molecular weight excluding hydrogens is 298 g/mol. The van der Waals surface area contributed by atoms with Crippen LogP contribution in [-0.4, -0.2) is 60.2 Å². The van der Waals surface area contributed by atoms with E-state index >= 15 is 0 Å². The summed E-state index contributed by atoms with van der Waals surface area (Å²) in [4.78, 5) is 36.0. The van der Waals surface area contributed by atoms with Crippen LogP contribution in [0.15, 0.2) is 9.59 Å². The number of aromatic amines is 2. The van der Waals surface area contributed by atoms with Crippen molar-refractivity contribution < 1.29 is 20.1 Å². The van der Waals surface area contributed by atoms with Crippen molar-refractivity contribution in [1.29, 1.82) is 0 Å². The van der Waals surface area contributed by atoms with Crippen LogP contribution >= 0.6 is 0 Å². The molecule has 118 valence electrons. The molecule has 1 unspecified atom stereocenters. The highest BCUT2D eigenvalue weighted by Gasteiger charge is 2.45. The van der Waals surface area contributed by atoms with Crippen LogP contribution in [0, 0.1) is 0 Å². The summed E-state index contributed by atoms with van der Waals surface area (Å²) in [6.45, 7) is -0.543. The highest BCUT2D eigenvalue weighted by molar-refractivity contribution is 5.69. The van der Waals surface area contributed by atoms with E-state index in [1.807, 2.05) is 0 Å². The smallest absolute Gasteiger partial charge is 0.280 e. The number of nitrogens with zero attached hydrogens (tertiary/aromatic N) is 2. The average molecular weight is 311 g/mol. The Morgan fingerprint density at radius 3 is 2.50 bits per heavy atom.